The van der Waals surface area contributed by atoms with Crippen LogP contribution in [-0.2, 0) is 0 Å². The molecule has 1 heterocycles. The molecule has 0 saturated carbocycles. The van der Waals surface area contributed by atoms with Crippen molar-refractivity contribution in [2.75, 3.05) is 19.7 Å². The quantitative estimate of drug-likeness (QED) is 0.635. The molecule has 104 valence electrons. The van der Waals surface area contributed by atoms with Crippen molar-refractivity contribution in [2.45, 2.75) is 18.4 Å². The van der Waals surface area contributed by atoms with Gasteiger partial charge in [-0.3, -0.25) is 10.1 Å². The van der Waals surface area contributed by atoms with Gasteiger partial charge in [0.1, 0.15) is 12.2 Å². The molecule has 0 unspecified atom stereocenters. The highest BCUT2D eigenvalue weighted by molar-refractivity contribution is 5.46. The molecular weight excluding hydrogens is 255 g/mol. The van der Waals surface area contributed by atoms with E-state index < -0.39 is 27.8 Å². The first-order valence-corrected chi connectivity index (χ1v) is 6.01. The normalized spacial score (nSPS) is 18.0. The predicted octanol–water partition coefficient (Wildman–Crippen LogP) is 1.23. The van der Waals surface area contributed by atoms with Crippen LogP contribution in [0.5, 0.6) is 5.75 Å². The highest BCUT2D eigenvalue weighted by Gasteiger charge is 2.31. The van der Waals surface area contributed by atoms with E-state index in [2.05, 4.69) is 5.32 Å². The minimum atomic E-state index is -1.07. The van der Waals surface area contributed by atoms with Crippen LogP contribution in [0.2, 0.25) is 0 Å². The molecule has 0 radical (unpaired) electrons. The SMILES string of the molecule is O=[N+]([O-])c1cccc(F)c1OCC1(O)CCNCC1. The van der Waals surface area contributed by atoms with Crippen molar-refractivity contribution in [3.63, 3.8) is 0 Å². The smallest absolute Gasteiger partial charge is 0.314 e. The number of rotatable bonds is 4. The lowest BCUT2D eigenvalue weighted by atomic mass is 9.93. The van der Waals surface area contributed by atoms with Gasteiger partial charge in [0.05, 0.1) is 4.92 Å². The molecule has 1 aliphatic heterocycles. The zero-order valence-corrected chi connectivity index (χ0v) is 10.3. The van der Waals surface area contributed by atoms with E-state index in [1.165, 1.54) is 12.1 Å². The molecule has 1 aromatic rings. The van der Waals surface area contributed by atoms with Gasteiger partial charge in [0.2, 0.25) is 5.75 Å². The molecule has 1 saturated heterocycles. The molecule has 0 aromatic heterocycles. The van der Waals surface area contributed by atoms with Gasteiger partial charge < -0.3 is 15.2 Å². The van der Waals surface area contributed by atoms with E-state index in [-0.39, 0.29) is 6.61 Å². The molecule has 0 amide bonds. The standard InChI is InChI=1S/C12H15FN2O4/c13-9-2-1-3-10(15(17)18)11(9)19-8-12(16)4-6-14-7-5-12/h1-3,14,16H,4-8H2. The third-order valence-corrected chi connectivity index (χ3v) is 3.16. The van der Waals surface area contributed by atoms with Crippen LogP contribution in [0.1, 0.15) is 12.8 Å². The molecule has 7 heteroatoms. The molecule has 2 N–H and O–H groups in total. The Hall–Kier alpha value is -1.73. The van der Waals surface area contributed by atoms with Gasteiger partial charge in [-0.2, -0.15) is 0 Å². The second kappa shape index (κ2) is 5.50. The number of benzene rings is 1. The lowest BCUT2D eigenvalue weighted by molar-refractivity contribution is -0.386. The Morgan fingerprint density at radius 3 is 2.79 bits per heavy atom. The number of nitrogens with zero attached hydrogens (tertiary/aromatic N) is 1. The summed E-state index contributed by atoms with van der Waals surface area (Å²) in [5, 5.41) is 24.1. The van der Waals surface area contributed by atoms with Crippen LogP contribution in [0, 0.1) is 15.9 Å². The molecule has 2 rings (SSSR count). The Labute approximate surface area is 109 Å². The molecule has 0 atom stereocenters. The predicted molar refractivity (Wildman–Crippen MR) is 65.6 cm³/mol. The van der Waals surface area contributed by atoms with Crippen LogP contribution in [-0.4, -0.2) is 35.3 Å². The number of nitro benzene ring substituents is 1. The maximum Gasteiger partial charge on any atom is 0.314 e. The number of piperidine rings is 1. The van der Waals surface area contributed by atoms with Crippen LogP contribution >= 0.6 is 0 Å². The van der Waals surface area contributed by atoms with E-state index in [9.17, 15) is 19.6 Å². The average Bonchev–Trinajstić information content (AvgIpc) is 2.38. The Morgan fingerprint density at radius 2 is 2.16 bits per heavy atom. The molecule has 19 heavy (non-hydrogen) atoms. The summed E-state index contributed by atoms with van der Waals surface area (Å²) in [7, 11) is 0. The number of nitrogens with one attached hydrogen (secondary N) is 1. The van der Waals surface area contributed by atoms with Crippen molar-refractivity contribution >= 4 is 5.69 Å². The van der Waals surface area contributed by atoms with E-state index in [0.29, 0.717) is 25.9 Å². The van der Waals surface area contributed by atoms with Gasteiger partial charge in [0.15, 0.2) is 5.82 Å². The first-order chi connectivity index (χ1) is 9.02. The molecule has 1 aromatic carbocycles. The van der Waals surface area contributed by atoms with Crippen molar-refractivity contribution in [2.24, 2.45) is 0 Å². The molecule has 0 bridgehead atoms. The third kappa shape index (κ3) is 3.18. The second-order valence-corrected chi connectivity index (χ2v) is 4.61. The van der Waals surface area contributed by atoms with E-state index in [4.69, 9.17) is 4.74 Å². The maximum absolute atomic E-state index is 13.6. The van der Waals surface area contributed by atoms with Gasteiger partial charge in [-0.15, -0.1) is 0 Å². The maximum atomic E-state index is 13.6. The van der Waals surface area contributed by atoms with E-state index in [1.807, 2.05) is 0 Å². The molecule has 0 spiro atoms. The van der Waals surface area contributed by atoms with Crippen LogP contribution < -0.4 is 10.1 Å². The number of ether oxygens (including phenoxy) is 1. The molecule has 6 nitrogen and oxygen atoms in total. The summed E-state index contributed by atoms with van der Waals surface area (Å²) in [6.07, 6.45) is 0.935. The number of nitro groups is 1. The summed E-state index contributed by atoms with van der Waals surface area (Å²) < 4.78 is 18.7. The lowest BCUT2D eigenvalue weighted by Crippen LogP contribution is -2.46. The second-order valence-electron chi connectivity index (χ2n) is 4.61. The monoisotopic (exact) mass is 270 g/mol. The minimum Gasteiger partial charge on any atom is -0.482 e. The number of para-hydroxylation sites is 1. The average molecular weight is 270 g/mol. The van der Waals surface area contributed by atoms with Gasteiger partial charge >= 0.3 is 5.69 Å². The summed E-state index contributed by atoms with van der Waals surface area (Å²) in [5.41, 5.74) is -1.50. The highest BCUT2D eigenvalue weighted by Crippen LogP contribution is 2.31. The van der Waals surface area contributed by atoms with Crippen molar-refractivity contribution < 1.29 is 19.2 Å². The van der Waals surface area contributed by atoms with Crippen LogP contribution in [0.15, 0.2) is 18.2 Å². The summed E-state index contributed by atoms with van der Waals surface area (Å²) >= 11 is 0. The number of halogens is 1. The van der Waals surface area contributed by atoms with Gasteiger partial charge in [-0.1, -0.05) is 6.07 Å². The molecule has 1 aliphatic rings. The summed E-state index contributed by atoms with van der Waals surface area (Å²) in [6.45, 7) is 1.12. The number of aliphatic hydroxyl groups is 1. The zero-order valence-electron chi connectivity index (χ0n) is 10.3. The van der Waals surface area contributed by atoms with Crippen molar-refractivity contribution in [1.82, 2.24) is 5.32 Å². The fourth-order valence-electron chi connectivity index (χ4n) is 2.03. The first kappa shape index (κ1) is 13.7. The van der Waals surface area contributed by atoms with Crippen molar-refractivity contribution in [3.8, 4) is 5.75 Å². The number of hydrogen-bond donors (Lipinski definition) is 2. The van der Waals surface area contributed by atoms with Gasteiger partial charge in [-0.05, 0) is 32.0 Å². The Bertz CT molecular complexity index is 475. The summed E-state index contributed by atoms with van der Waals surface area (Å²) in [4.78, 5) is 10.1. The Morgan fingerprint density at radius 1 is 1.47 bits per heavy atom. The van der Waals surface area contributed by atoms with E-state index in [0.717, 1.165) is 6.07 Å². The van der Waals surface area contributed by atoms with E-state index >= 15 is 0 Å². The number of hydrogen-bond acceptors (Lipinski definition) is 5. The Balaban J connectivity index is 2.12. The lowest BCUT2D eigenvalue weighted by Gasteiger charge is -2.32. The van der Waals surface area contributed by atoms with E-state index in [1.54, 1.807) is 0 Å². The zero-order chi connectivity index (χ0) is 13.9. The van der Waals surface area contributed by atoms with Crippen LogP contribution in [0.4, 0.5) is 10.1 Å². The summed E-state index contributed by atoms with van der Waals surface area (Å²) in [5.74, 6) is -1.22. The highest BCUT2D eigenvalue weighted by atomic mass is 19.1. The van der Waals surface area contributed by atoms with Gasteiger partial charge in [0.25, 0.3) is 0 Å². The summed E-state index contributed by atoms with van der Waals surface area (Å²) in [6, 6.07) is 3.51. The minimum absolute atomic E-state index is 0.156. The van der Waals surface area contributed by atoms with Crippen LogP contribution in [0.3, 0.4) is 0 Å². The van der Waals surface area contributed by atoms with Crippen LogP contribution in [0.25, 0.3) is 0 Å². The fourth-order valence-corrected chi connectivity index (χ4v) is 2.03. The van der Waals surface area contributed by atoms with Gasteiger partial charge in [-0.25, -0.2) is 4.39 Å². The molecule has 1 fully saturated rings. The largest absolute Gasteiger partial charge is 0.482 e. The molecule has 0 aliphatic carbocycles. The van der Waals surface area contributed by atoms with Crippen molar-refractivity contribution in [1.29, 1.82) is 0 Å². The fraction of sp³-hybridized carbons (Fsp3) is 0.500. The third-order valence-electron chi connectivity index (χ3n) is 3.16. The first-order valence-electron chi connectivity index (χ1n) is 6.01. The van der Waals surface area contributed by atoms with Crippen molar-refractivity contribution in [3.05, 3.63) is 34.1 Å². The topological polar surface area (TPSA) is 84.6 Å². The van der Waals surface area contributed by atoms with Gasteiger partial charge in [0, 0.05) is 6.07 Å². The molecular formula is C12H15FN2O4. The Kier molecular flexibility index (Phi) is 3.96.